The summed E-state index contributed by atoms with van der Waals surface area (Å²) in [6, 6.07) is 1.93. The molecule has 1 aromatic rings. The highest BCUT2D eigenvalue weighted by atomic mass is 16.2. The van der Waals surface area contributed by atoms with Gasteiger partial charge in [0.1, 0.15) is 5.82 Å². The highest BCUT2D eigenvalue weighted by molar-refractivity contribution is 5.98. The van der Waals surface area contributed by atoms with Crippen LogP contribution in [0.3, 0.4) is 0 Å². The van der Waals surface area contributed by atoms with Gasteiger partial charge in [0.15, 0.2) is 0 Å². The predicted octanol–water partition coefficient (Wildman–Crippen LogP) is 0.465. The highest BCUT2D eigenvalue weighted by Gasteiger charge is 2.27. The van der Waals surface area contributed by atoms with E-state index in [9.17, 15) is 4.79 Å². The Morgan fingerprint density at radius 3 is 2.67 bits per heavy atom. The van der Waals surface area contributed by atoms with Crippen LogP contribution < -0.4 is 4.90 Å². The van der Waals surface area contributed by atoms with Crippen LogP contribution in [0.2, 0.25) is 0 Å². The summed E-state index contributed by atoms with van der Waals surface area (Å²) in [7, 11) is 1.86. The lowest BCUT2D eigenvalue weighted by Crippen LogP contribution is -2.44. The van der Waals surface area contributed by atoms with Gasteiger partial charge in [-0.15, -0.1) is 0 Å². The molecule has 0 atom stereocenters. The van der Waals surface area contributed by atoms with Crippen LogP contribution in [0.4, 0.5) is 5.82 Å². The molecule has 1 aliphatic heterocycles. The maximum atomic E-state index is 11.1. The molecule has 4 nitrogen and oxygen atoms in total. The lowest BCUT2D eigenvalue weighted by atomic mass is 10.2. The van der Waals surface area contributed by atoms with Gasteiger partial charge in [-0.2, -0.15) is 5.10 Å². The first-order valence-electron chi connectivity index (χ1n) is 3.99. The van der Waals surface area contributed by atoms with Crippen molar-refractivity contribution in [3.8, 4) is 0 Å². The van der Waals surface area contributed by atoms with Crippen molar-refractivity contribution in [2.24, 2.45) is 7.05 Å². The molecule has 0 spiro atoms. The van der Waals surface area contributed by atoms with Crippen molar-refractivity contribution in [3.63, 3.8) is 0 Å². The monoisotopic (exact) mass is 165 g/mol. The molecular formula is C8H11N3O. The van der Waals surface area contributed by atoms with Gasteiger partial charge < -0.3 is 0 Å². The zero-order chi connectivity index (χ0) is 8.72. The summed E-state index contributed by atoms with van der Waals surface area (Å²) < 4.78 is 1.74. The topological polar surface area (TPSA) is 38.1 Å². The number of nitrogens with zero attached hydrogens (tertiary/aromatic N) is 3. The van der Waals surface area contributed by atoms with Crippen molar-refractivity contribution >= 4 is 11.7 Å². The molecular weight excluding hydrogens is 154 g/mol. The average molecular weight is 165 g/mol. The first-order valence-corrected chi connectivity index (χ1v) is 3.99. The number of hydrogen-bond acceptors (Lipinski definition) is 2. The van der Waals surface area contributed by atoms with Crippen molar-refractivity contribution in [1.82, 2.24) is 9.78 Å². The van der Waals surface area contributed by atoms with E-state index in [-0.39, 0.29) is 5.91 Å². The number of amides is 1. The Hall–Kier alpha value is -1.32. The fourth-order valence-electron chi connectivity index (χ4n) is 1.41. The minimum absolute atomic E-state index is 0.193. The van der Waals surface area contributed by atoms with E-state index < -0.39 is 0 Å². The lowest BCUT2D eigenvalue weighted by Gasteiger charge is -2.29. The number of β-lactam (4-membered cyclic amide) rings is 1. The second-order valence-corrected chi connectivity index (χ2v) is 3.06. The predicted molar refractivity (Wildman–Crippen MR) is 44.9 cm³/mol. The maximum Gasteiger partial charge on any atom is 0.229 e. The molecule has 1 fully saturated rings. The number of carbonyl (C=O) groups is 1. The van der Waals surface area contributed by atoms with Crippen molar-refractivity contribution in [2.45, 2.75) is 13.3 Å². The van der Waals surface area contributed by atoms with Gasteiger partial charge >= 0.3 is 0 Å². The third-order valence-electron chi connectivity index (χ3n) is 2.10. The molecule has 1 aromatic heterocycles. The van der Waals surface area contributed by atoms with E-state index in [4.69, 9.17) is 0 Å². The molecule has 2 rings (SSSR count). The van der Waals surface area contributed by atoms with Gasteiger partial charge in [0.25, 0.3) is 0 Å². The van der Waals surface area contributed by atoms with Gasteiger partial charge in [-0.1, -0.05) is 0 Å². The Labute approximate surface area is 70.8 Å². The van der Waals surface area contributed by atoms with E-state index in [0.29, 0.717) is 6.42 Å². The van der Waals surface area contributed by atoms with Gasteiger partial charge in [-0.3, -0.25) is 14.4 Å². The number of hydrogen-bond donors (Lipinski definition) is 0. The molecule has 0 saturated carbocycles. The molecule has 1 aliphatic rings. The minimum atomic E-state index is 0.193. The normalized spacial score (nSPS) is 16.5. The summed E-state index contributed by atoms with van der Waals surface area (Å²) in [6.45, 7) is 2.76. The molecule has 0 unspecified atom stereocenters. The van der Waals surface area contributed by atoms with E-state index >= 15 is 0 Å². The van der Waals surface area contributed by atoms with Crippen LogP contribution in [-0.2, 0) is 11.8 Å². The molecule has 12 heavy (non-hydrogen) atoms. The SMILES string of the molecule is Cc1cc(N2CCC2=O)n(C)n1. The number of carbonyl (C=O) groups excluding carboxylic acids is 1. The van der Waals surface area contributed by atoms with Crippen LogP contribution in [-0.4, -0.2) is 22.2 Å². The van der Waals surface area contributed by atoms with E-state index in [1.54, 1.807) is 9.58 Å². The van der Waals surface area contributed by atoms with E-state index in [1.165, 1.54) is 0 Å². The summed E-state index contributed by atoms with van der Waals surface area (Å²) in [5.41, 5.74) is 0.951. The fraction of sp³-hybridized carbons (Fsp3) is 0.500. The third-order valence-corrected chi connectivity index (χ3v) is 2.10. The Kier molecular flexibility index (Phi) is 1.43. The van der Waals surface area contributed by atoms with Gasteiger partial charge in [-0.25, -0.2) is 0 Å². The second kappa shape index (κ2) is 2.33. The van der Waals surface area contributed by atoms with Crippen LogP contribution in [0.5, 0.6) is 0 Å². The maximum absolute atomic E-state index is 11.1. The van der Waals surface area contributed by atoms with Gasteiger partial charge in [0, 0.05) is 26.1 Å². The largest absolute Gasteiger partial charge is 0.296 e. The van der Waals surface area contributed by atoms with Crippen molar-refractivity contribution < 1.29 is 4.79 Å². The zero-order valence-corrected chi connectivity index (χ0v) is 7.24. The molecule has 0 radical (unpaired) electrons. The van der Waals surface area contributed by atoms with E-state index in [1.807, 2.05) is 20.0 Å². The Bertz CT molecular complexity index is 329. The molecule has 0 aromatic carbocycles. The Morgan fingerprint density at radius 1 is 1.58 bits per heavy atom. The summed E-state index contributed by atoms with van der Waals surface area (Å²) in [4.78, 5) is 12.8. The molecule has 0 aliphatic carbocycles. The zero-order valence-electron chi connectivity index (χ0n) is 7.24. The van der Waals surface area contributed by atoms with Crippen LogP contribution in [0.1, 0.15) is 12.1 Å². The molecule has 4 heteroatoms. The molecule has 64 valence electrons. The molecule has 2 heterocycles. The fourth-order valence-corrected chi connectivity index (χ4v) is 1.41. The van der Waals surface area contributed by atoms with E-state index in [0.717, 1.165) is 18.1 Å². The highest BCUT2D eigenvalue weighted by Crippen LogP contribution is 2.21. The minimum Gasteiger partial charge on any atom is -0.296 e. The smallest absolute Gasteiger partial charge is 0.229 e. The standard InChI is InChI=1S/C8H11N3O/c1-6-5-7(10(2)9-6)11-4-3-8(11)12/h5H,3-4H2,1-2H3. The summed E-state index contributed by atoms with van der Waals surface area (Å²) >= 11 is 0. The quantitative estimate of drug-likeness (QED) is 0.567. The first-order chi connectivity index (χ1) is 5.68. The van der Waals surface area contributed by atoms with Crippen LogP contribution in [0, 0.1) is 6.92 Å². The molecule has 1 amide bonds. The molecule has 1 saturated heterocycles. The molecule has 0 bridgehead atoms. The molecule has 0 N–H and O–H groups in total. The Balaban J connectivity index is 2.33. The first kappa shape index (κ1) is 7.34. The van der Waals surface area contributed by atoms with Gasteiger partial charge in [0.2, 0.25) is 5.91 Å². The lowest BCUT2D eigenvalue weighted by molar-refractivity contribution is -0.122. The van der Waals surface area contributed by atoms with Crippen LogP contribution >= 0.6 is 0 Å². The van der Waals surface area contributed by atoms with E-state index in [2.05, 4.69) is 5.10 Å². The third kappa shape index (κ3) is 0.913. The van der Waals surface area contributed by atoms with Crippen LogP contribution in [0.25, 0.3) is 0 Å². The average Bonchev–Trinajstić information content (AvgIpc) is 2.28. The number of anilines is 1. The summed E-state index contributed by atoms with van der Waals surface area (Å²) in [6.07, 6.45) is 0.671. The van der Waals surface area contributed by atoms with Crippen molar-refractivity contribution in [3.05, 3.63) is 11.8 Å². The second-order valence-electron chi connectivity index (χ2n) is 3.06. The van der Waals surface area contributed by atoms with Crippen molar-refractivity contribution in [2.75, 3.05) is 11.4 Å². The summed E-state index contributed by atoms with van der Waals surface area (Å²) in [5, 5.41) is 4.17. The Morgan fingerprint density at radius 2 is 2.33 bits per heavy atom. The van der Waals surface area contributed by atoms with Crippen molar-refractivity contribution in [1.29, 1.82) is 0 Å². The number of aryl methyl sites for hydroxylation is 2. The summed E-state index contributed by atoms with van der Waals surface area (Å²) in [5.74, 6) is 1.10. The number of rotatable bonds is 1. The van der Waals surface area contributed by atoms with Gasteiger partial charge in [-0.05, 0) is 6.92 Å². The van der Waals surface area contributed by atoms with Gasteiger partial charge in [0.05, 0.1) is 5.69 Å². The van der Waals surface area contributed by atoms with Crippen LogP contribution in [0.15, 0.2) is 6.07 Å². The number of aromatic nitrogens is 2.